The van der Waals surface area contributed by atoms with Gasteiger partial charge in [0.05, 0.1) is 19.8 Å². The lowest BCUT2D eigenvalue weighted by atomic mass is 10.0. The molecule has 4 rings (SSSR count). The van der Waals surface area contributed by atoms with Crippen molar-refractivity contribution in [3.63, 3.8) is 0 Å². The second kappa shape index (κ2) is 8.59. The third-order valence-electron chi connectivity index (χ3n) is 5.23. The van der Waals surface area contributed by atoms with Gasteiger partial charge in [0.25, 0.3) is 0 Å². The van der Waals surface area contributed by atoms with E-state index in [0.29, 0.717) is 19.8 Å². The second-order valence-corrected chi connectivity index (χ2v) is 7.02. The van der Waals surface area contributed by atoms with Crippen LogP contribution in [-0.4, -0.2) is 48.3 Å². The van der Waals surface area contributed by atoms with E-state index in [4.69, 9.17) is 9.47 Å². The quantitative estimate of drug-likeness (QED) is 0.615. The molecule has 1 saturated heterocycles. The molecule has 2 aromatic carbocycles. The van der Waals surface area contributed by atoms with Crippen LogP contribution in [0.3, 0.4) is 0 Å². The Morgan fingerprint density at radius 3 is 2.54 bits per heavy atom. The number of hydrogen-bond donors (Lipinski definition) is 0. The van der Waals surface area contributed by atoms with Gasteiger partial charge in [-0.3, -0.25) is 4.90 Å². The molecular formula is C23H26N2O3. The number of benzene rings is 2. The zero-order valence-electron chi connectivity index (χ0n) is 16.2. The number of aromatic nitrogens is 1. The van der Waals surface area contributed by atoms with Gasteiger partial charge in [-0.15, -0.1) is 0 Å². The topological polar surface area (TPSA) is 43.7 Å². The van der Waals surface area contributed by atoms with E-state index in [0.717, 1.165) is 36.1 Å². The molecule has 1 aromatic heterocycles. The van der Waals surface area contributed by atoms with Gasteiger partial charge >= 0.3 is 5.97 Å². The van der Waals surface area contributed by atoms with Crippen molar-refractivity contribution in [2.75, 3.05) is 32.9 Å². The van der Waals surface area contributed by atoms with Gasteiger partial charge in [-0.05, 0) is 18.6 Å². The molecule has 1 fully saturated rings. The van der Waals surface area contributed by atoms with E-state index < -0.39 is 6.04 Å². The highest BCUT2D eigenvalue weighted by Gasteiger charge is 2.32. The molecule has 0 saturated carbocycles. The molecule has 5 nitrogen and oxygen atoms in total. The van der Waals surface area contributed by atoms with Gasteiger partial charge in [-0.2, -0.15) is 0 Å². The van der Waals surface area contributed by atoms with Crippen LogP contribution in [0.15, 0.2) is 60.8 Å². The number of hydrogen-bond acceptors (Lipinski definition) is 4. The lowest BCUT2D eigenvalue weighted by molar-refractivity contribution is -0.151. The molecule has 1 atom stereocenters. The van der Waals surface area contributed by atoms with E-state index in [9.17, 15) is 4.79 Å². The molecule has 0 bridgehead atoms. The molecule has 0 spiro atoms. The van der Waals surface area contributed by atoms with Crippen LogP contribution in [0, 0.1) is 0 Å². The van der Waals surface area contributed by atoms with E-state index in [-0.39, 0.29) is 5.97 Å². The number of carbonyl (C=O) groups is 1. The number of rotatable bonds is 6. The minimum absolute atomic E-state index is 0.188. The summed E-state index contributed by atoms with van der Waals surface area (Å²) in [5.74, 6) is -0.188. The number of para-hydroxylation sites is 1. The average Bonchev–Trinajstić information content (AvgIpc) is 3.08. The van der Waals surface area contributed by atoms with Crippen molar-refractivity contribution >= 4 is 16.9 Å². The van der Waals surface area contributed by atoms with Crippen LogP contribution in [0.1, 0.15) is 24.1 Å². The third kappa shape index (κ3) is 3.81. The van der Waals surface area contributed by atoms with Crippen LogP contribution in [-0.2, 0) is 20.8 Å². The Labute approximate surface area is 165 Å². The molecular weight excluding hydrogens is 352 g/mol. The zero-order valence-corrected chi connectivity index (χ0v) is 16.2. The van der Waals surface area contributed by atoms with E-state index in [1.54, 1.807) is 0 Å². The van der Waals surface area contributed by atoms with Crippen molar-refractivity contribution in [1.29, 1.82) is 0 Å². The molecule has 3 aromatic rings. The first-order chi connectivity index (χ1) is 13.8. The minimum atomic E-state index is -0.411. The number of carbonyl (C=O) groups excluding carboxylic acids is 1. The van der Waals surface area contributed by atoms with Gasteiger partial charge in [0.1, 0.15) is 6.04 Å². The monoisotopic (exact) mass is 378 g/mol. The van der Waals surface area contributed by atoms with Crippen LogP contribution in [0.25, 0.3) is 10.9 Å². The molecule has 28 heavy (non-hydrogen) atoms. The van der Waals surface area contributed by atoms with Crippen LogP contribution in [0.2, 0.25) is 0 Å². The normalized spacial score (nSPS) is 16.2. The third-order valence-corrected chi connectivity index (χ3v) is 5.23. The Hall–Kier alpha value is -2.63. The first-order valence-electron chi connectivity index (χ1n) is 9.88. The summed E-state index contributed by atoms with van der Waals surface area (Å²) < 4.78 is 13.2. The molecule has 2 heterocycles. The Morgan fingerprint density at radius 1 is 1.07 bits per heavy atom. The maximum Gasteiger partial charge on any atom is 0.328 e. The first-order valence-corrected chi connectivity index (χ1v) is 9.88. The summed E-state index contributed by atoms with van der Waals surface area (Å²) in [5, 5.41) is 1.10. The van der Waals surface area contributed by atoms with Gasteiger partial charge in [0, 0.05) is 42.3 Å². The van der Waals surface area contributed by atoms with Crippen molar-refractivity contribution in [3.8, 4) is 0 Å². The van der Waals surface area contributed by atoms with E-state index in [1.165, 1.54) is 5.56 Å². The lowest BCUT2D eigenvalue weighted by Crippen LogP contribution is -2.42. The van der Waals surface area contributed by atoms with Gasteiger partial charge < -0.3 is 14.0 Å². The average molecular weight is 378 g/mol. The molecule has 0 N–H and O–H groups in total. The van der Waals surface area contributed by atoms with Crippen molar-refractivity contribution in [2.24, 2.45) is 0 Å². The fourth-order valence-electron chi connectivity index (χ4n) is 3.93. The molecule has 1 aliphatic heterocycles. The summed E-state index contributed by atoms with van der Waals surface area (Å²) in [4.78, 5) is 15.1. The number of esters is 1. The molecule has 5 heteroatoms. The number of morpholine rings is 1. The molecule has 1 aliphatic rings. The lowest BCUT2D eigenvalue weighted by Gasteiger charge is -2.32. The van der Waals surface area contributed by atoms with Crippen molar-refractivity contribution in [3.05, 3.63) is 71.9 Å². The first kappa shape index (κ1) is 18.7. The standard InChI is InChI=1S/C23H26N2O3/c1-2-28-23(26)22(24-12-14-27-15-13-24)20-17-25(16-18-8-4-3-5-9-18)21-11-7-6-10-19(20)21/h3-11,17,22H,2,12-16H2,1H3. The van der Waals surface area contributed by atoms with E-state index in [1.807, 2.05) is 25.1 Å². The SMILES string of the molecule is CCOC(=O)C(c1cn(Cc2ccccc2)c2ccccc12)N1CCOCC1. The largest absolute Gasteiger partial charge is 0.465 e. The Kier molecular flexibility index (Phi) is 5.74. The van der Waals surface area contributed by atoms with Gasteiger partial charge in [0.2, 0.25) is 0 Å². The van der Waals surface area contributed by atoms with Crippen LogP contribution >= 0.6 is 0 Å². The van der Waals surface area contributed by atoms with Crippen LogP contribution in [0.5, 0.6) is 0 Å². The van der Waals surface area contributed by atoms with Gasteiger partial charge in [-0.1, -0.05) is 48.5 Å². The van der Waals surface area contributed by atoms with Crippen molar-refractivity contribution in [2.45, 2.75) is 19.5 Å². The maximum atomic E-state index is 12.9. The molecule has 0 amide bonds. The summed E-state index contributed by atoms with van der Waals surface area (Å²) >= 11 is 0. The van der Waals surface area contributed by atoms with E-state index >= 15 is 0 Å². The fraction of sp³-hybridized carbons (Fsp3) is 0.348. The Morgan fingerprint density at radius 2 is 1.79 bits per heavy atom. The fourth-order valence-corrected chi connectivity index (χ4v) is 3.93. The number of ether oxygens (including phenoxy) is 2. The van der Waals surface area contributed by atoms with Crippen molar-refractivity contribution in [1.82, 2.24) is 9.47 Å². The Bertz CT molecular complexity index is 929. The molecule has 0 radical (unpaired) electrons. The molecule has 0 aliphatic carbocycles. The van der Waals surface area contributed by atoms with Crippen LogP contribution in [0.4, 0.5) is 0 Å². The second-order valence-electron chi connectivity index (χ2n) is 7.02. The maximum absolute atomic E-state index is 12.9. The molecule has 146 valence electrons. The summed E-state index contributed by atoms with van der Waals surface area (Å²) in [7, 11) is 0. The van der Waals surface area contributed by atoms with Gasteiger partial charge in [0.15, 0.2) is 0 Å². The zero-order chi connectivity index (χ0) is 19.3. The minimum Gasteiger partial charge on any atom is -0.465 e. The Balaban J connectivity index is 1.77. The van der Waals surface area contributed by atoms with Crippen LogP contribution < -0.4 is 0 Å². The summed E-state index contributed by atoms with van der Waals surface area (Å²) in [5.41, 5.74) is 3.37. The number of fused-ring (bicyclic) bond motifs is 1. The highest BCUT2D eigenvalue weighted by molar-refractivity contribution is 5.90. The molecule has 1 unspecified atom stereocenters. The predicted octanol–water partition coefficient (Wildman–Crippen LogP) is 3.63. The summed E-state index contributed by atoms with van der Waals surface area (Å²) in [6.45, 7) is 5.72. The summed E-state index contributed by atoms with van der Waals surface area (Å²) in [6, 6.07) is 18.3. The highest BCUT2D eigenvalue weighted by atomic mass is 16.5. The number of nitrogens with zero attached hydrogens (tertiary/aromatic N) is 2. The van der Waals surface area contributed by atoms with Crippen molar-refractivity contribution < 1.29 is 14.3 Å². The van der Waals surface area contributed by atoms with Gasteiger partial charge in [-0.25, -0.2) is 4.79 Å². The smallest absolute Gasteiger partial charge is 0.328 e. The van der Waals surface area contributed by atoms with E-state index in [2.05, 4.69) is 52.1 Å². The predicted molar refractivity (Wildman–Crippen MR) is 109 cm³/mol. The highest BCUT2D eigenvalue weighted by Crippen LogP contribution is 2.32. The summed E-state index contributed by atoms with van der Waals surface area (Å²) in [6.07, 6.45) is 2.12.